The average molecular weight is 478 g/mol. The lowest BCUT2D eigenvalue weighted by molar-refractivity contribution is -0.275. The van der Waals surface area contributed by atoms with Gasteiger partial charge < -0.3 is 18.9 Å². The normalized spacial score (nSPS) is 14.7. The van der Waals surface area contributed by atoms with Crippen LogP contribution >= 0.6 is 0 Å². The van der Waals surface area contributed by atoms with E-state index < -0.39 is 17.9 Å². The highest BCUT2D eigenvalue weighted by atomic mass is 19.4. The first-order chi connectivity index (χ1) is 16.2. The number of carbonyl (C=O) groups excluding carboxylic acids is 1. The van der Waals surface area contributed by atoms with E-state index in [1.54, 1.807) is 41.2 Å². The molecule has 7 nitrogen and oxygen atoms in total. The zero-order valence-electron chi connectivity index (χ0n) is 18.3. The number of aromatic nitrogens is 3. The van der Waals surface area contributed by atoms with E-state index >= 15 is 0 Å². The fourth-order valence-corrected chi connectivity index (χ4v) is 3.83. The molecule has 180 valence electrons. The third kappa shape index (κ3) is 5.71. The van der Waals surface area contributed by atoms with Crippen LogP contribution in [0.4, 0.5) is 17.6 Å². The van der Waals surface area contributed by atoms with Crippen molar-refractivity contribution in [2.45, 2.75) is 31.8 Å². The van der Waals surface area contributed by atoms with Crippen LogP contribution in [0.5, 0.6) is 5.75 Å². The van der Waals surface area contributed by atoms with E-state index in [-0.39, 0.29) is 24.1 Å². The van der Waals surface area contributed by atoms with Gasteiger partial charge in [0, 0.05) is 50.8 Å². The quantitative estimate of drug-likeness (QED) is 0.493. The Bertz CT molecular complexity index is 1160. The van der Waals surface area contributed by atoms with Crippen molar-refractivity contribution in [3.8, 4) is 17.0 Å². The van der Waals surface area contributed by atoms with E-state index in [1.165, 1.54) is 12.3 Å². The lowest BCUT2D eigenvalue weighted by Gasteiger charge is -2.34. The Kier molecular flexibility index (Phi) is 6.82. The maximum Gasteiger partial charge on any atom is 0.573 e. The van der Waals surface area contributed by atoms with Crippen molar-refractivity contribution in [1.82, 2.24) is 19.4 Å². The summed E-state index contributed by atoms with van der Waals surface area (Å²) in [6.07, 6.45) is 1.01. The van der Waals surface area contributed by atoms with Crippen molar-refractivity contribution >= 4 is 5.91 Å². The van der Waals surface area contributed by atoms with Crippen molar-refractivity contribution in [2.75, 3.05) is 13.2 Å². The molecule has 1 aliphatic heterocycles. The molecule has 1 aliphatic rings. The zero-order valence-corrected chi connectivity index (χ0v) is 18.3. The first-order valence-corrected chi connectivity index (χ1v) is 10.6. The smallest absolute Gasteiger partial charge is 0.403 e. The van der Waals surface area contributed by atoms with Gasteiger partial charge in [-0.2, -0.15) is 0 Å². The molecule has 3 aromatic rings. The van der Waals surface area contributed by atoms with E-state index in [0.717, 1.165) is 12.1 Å². The number of aryl methyl sites for hydroxylation is 1. The Hall–Kier alpha value is -3.47. The number of amides is 1. The molecule has 11 heteroatoms. The molecule has 0 spiro atoms. The van der Waals surface area contributed by atoms with Crippen molar-refractivity contribution in [3.05, 3.63) is 66.1 Å². The van der Waals surface area contributed by atoms with E-state index in [1.807, 2.05) is 0 Å². The highest BCUT2D eigenvalue weighted by Crippen LogP contribution is 2.30. The SMILES string of the molecule is Cn1cnc(C(=O)N(Cc2ccnc(-c3ccc(F)c(OC(F)(F)F)c3)c2)C2CCOCC2)c1. The summed E-state index contributed by atoms with van der Waals surface area (Å²) in [5.74, 6) is -2.30. The van der Waals surface area contributed by atoms with Gasteiger partial charge in [-0.25, -0.2) is 9.37 Å². The molecule has 0 bridgehead atoms. The molecule has 3 heterocycles. The number of rotatable bonds is 6. The van der Waals surface area contributed by atoms with E-state index in [2.05, 4.69) is 14.7 Å². The first-order valence-electron chi connectivity index (χ1n) is 10.6. The monoisotopic (exact) mass is 478 g/mol. The fraction of sp³-hybridized carbons (Fsp3) is 0.348. The highest BCUT2D eigenvalue weighted by molar-refractivity contribution is 5.92. The van der Waals surface area contributed by atoms with Gasteiger partial charge in [-0.3, -0.25) is 9.78 Å². The summed E-state index contributed by atoms with van der Waals surface area (Å²) in [7, 11) is 1.77. The Morgan fingerprint density at radius 1 is 1.21 bits per heavy atom. The number of benzene rings is 1. The molecule has 4 rings (SSSR count). The van der Waals surface area contributed by atoms with Crippen molar-refractivity contribution < 1.29 is 31.8 Å². The predicted molar refractivity (Wildman–Crippen MR) is 113 cm³/mol. The molecule has 1 aromatic carbocycles. The Labute approximate surface area is 192 Å². The molecule has 0 atom stereocenters. The molecule has 34 heavy (non-hydrogen) atoms. The number of carbonyl (C=O) groups is 1. The third-order valence-corrected chi connectivity index (χ3v) is 5.45. The number of hydrogen-bond donors (Lipinski definition) is 0. The van der Waals surface area contributed by atoms with Crippen LogP contribution in [0.25, 0.3) is 11.3 Å². The number of alkyl halides is 3. The van der Waals surface area contributed by atoms with Crippen molar-refractivity contribution in [1.29, 1.82) is 0 Å². The summed E-state index contributed by atoms with van der Waals surface area (Å²) in [5, 5.41) is 0. The lowest BCUT2D eigenvalue weighted by atomic mass is 10.0. The molecule has 1 amide bonds. The van der Waals surface area contributed by atoms with Gasteiger partial charge in [0.25, 0.3) is 5.91 Å². The summed E-state index contributed by atoms with van der Waals surface area (Å²) in [6, 6.07) is 6.48. The van der Waals surface area contributed by atoms with Crippen LogP contribution in [0, 0.1) is 5.82 Å². The molecule has 2 aromatic heterocycles. The number of pyridine rings is 1. The Balaban J connectivity index is 1.61. The van der Waals surface area contributed by atoms with Gasteiger partial charge in [0.1, 0.15) is 5.69 Å². The van der Waals surface area contributed by atoms with Gasteiger partial charge in [-0.05, 0) is 48.7 Å². The van der Waals surface area contributed by atoms with Crippen LogP contribution in [0.3, 0.4) is 0 Å². The number of ether oxygens (including phenoxy) is 2. The van der Waals surface area contributed by atoms with Gasteiger partial charge in [-0.15, -0.1) is 13.2 Å². The molecular weight excluding hydrogens is 456 g/mol. The lowest BCUT2D eigenvalue weighted by Crippen LogP contribution is -2.43. The highest BCUT2D eigenvalue weighted by Gasteiger charge is 2.32. The summed E-state index contributed by atoms with van der Waals surface area (Å²) in [5.41, 5.74) is 1.59. The second-order valence-corrected chi connectivity index (χ2v) is 7.94. The number of hydrogen-bond acceptors (Lipinski definition) is 5. The van der Waals surface area contributed by atoms with E-state index in [4.69, 9.17) is 4.74 Å². The largest absolute Gasteiger partial charge is 0.573 e. The molecular formula is C23H22F4N4O3. The van der Waals surface area contributed by atoms with E-state index in [0.29, 0.717) is 43.0 Å². The topological polar surface area (TPSA) is 69.5 Å². The number of imidazole rings is 1. The second-order valence-electron chi connectivity index (χ2n) is 7.94. The van der Waals surface area contributed by atoms with Gasteiger partial charge >= 0.3 is 6.36 Å². The van der Waals surface area contributed by atoms with Crippen LogP contribution in [-0.4, -0.2) is 51.0 Å². The molecule has 0 aliphatic carbocycles. The van der Waals surface area contributed by atoms with Gasteiger partial charge in [0.15, 0.2) is 11.6 Å². The zero-order chi connectivity index (χ0) is 24.3. The minimum Gasteiger partial charge on any atom is -0.403 e. The maximum absolute atomic E-state index is 13.8. The molecule has 0 N–H and O–H groups in total. The summed E-state index contributed by atoms with van der Waals surface area (Å²) < 4.78 is 62.5. The predicted octanol–water partition coefficient (Wildman–Crippen LogP) is 4.34. The summed E-state index contributed by atoms with van der Waals surface area (Å²) >= 11 is 0. The second kappa shape index (κ2) is 9.80. The van der Waals surface area contributed by atoms with Crippen LogP contribution in [-0.2, 0) is 18.3 Å². The summed E-state index contributed by atoms with van der Waals surface area (Å²) in [6.45, 7) is 1.31. The Morgan fingerprint density at radius 2 is 1.97 bits per heavy atom. The maximum atomic E-state index is 13.8. The molecule has 0 saturated carbocycles. The standard InChI is InChI=1S/C23H22F4N4O3/c1-30-13-20(29-14-30)22(32)31(17-5-8-33-9-6-17)12-15-4-7-28-19(10-15)16-2-3-18(24)21(11-16)34-23(25,26)27/h2-4,7,10-11,13-14,17H,5-6,8-9,12H2,1H3. The van der Waals surface area contributed by atoms with E-state index in [9.17, 15) is 22.4 Å². The van der Waals surface area contributed by atoms with Crippen LogP contribution in [0.2, 0.25) is 0 Å². The minimum absolute atomic E-state index is 0.0579. The Morgan fingerprint density at radius 3 is 2.65 bits per heavy atom. The third-order valence-electron chi connectivity index (χ3n) is 5.45. The molecule has 0 radical (unpaired) electrons. The van der Waals surface area contributed by atoms with Crippen LogP contribution in [0.1, 0.15) is 28.9 Å². The summed E-state index contributed by atoms with van der Waals surface area (Å²) in [4.78, 5) is 23.4. The molecule has 1 saturated heterocycles. The molecule has 0 unspecified atom stereocenters. The molecule has 1 fully saturated rings. The number of halogens is 4. The van der Waals surface area contributed by atoms with Gasteiger partial charge in [-0.1, -0.05) is 0 Å². The van der Waals surface area contributed by atoms with Crippen LogP contribution < -0.4 is 4.74 Å². The van der Waals surface area contributed by atoms with Gasteiger partial charge in [0.05, 0.1) is 12.0 Å². The van der Waals surface area contributed by atoms with Crippen molar-refractivity contribution in [3.63, 3.8) is 0 Å². The minimum atomic E-state index is -5.02. The van der Waals surface area contributed by atoms with Gasteiger partial charge in [0.2, 0.25) is 0 Å². The van der Waals surface area contributed by atoms with Crippen molar-refractivity contribution in [2.24, 2.45) is 7.05 Å². The fourth-order valence-electron chi connectivity index (χ4n) is 3.83. The first kappa shape index (κ1) is 23.7. The van der Waals surface area contributed by atoms with Crippen LogP contribution in [0.15, 0.2) is 49.1 Å². The number of nitrogens with zero attached hydrogens (tertiary/aromatic N) is 4. The average Bonchev–Trinajstić information content (AvgIpc) is 3.25.